The summed E-state index contributed by atoms with van der Waals surface area (Å²) < 4.78 is 24.8. The van der Waals surface area contributed by atoms with Crippen LogP contribution in [0.4, 0.5) is 0 Å². The Morgan fingerprint density at radius 1 is 0.457 bits per heavy atom. The van der Waals surface area contributed by atoms with Crippen LogP contribution in [0.5, 0.6) is 0 Å². The molecule has 0 aromatic carbocycles. The fraction of sp³-hybridized carbons (Fsp3) is 1.00. The van der Waals surface area contributed by atoms with Gasteiger partial charge in [-0.25, -0.2) is 0 Å². The predicted molar refractivity (Wildman–Crippen MR) is 162 cm³/mol. The molecule has 0 atom stereocenters. The molecule has 0 aliphatic carbocycles. The van der Waals surface area contributed by atoms with Gasteiger partial charge in [0, 0.05) is 0 Å². The van der Waals surface area contributed by atoms with E-state index >= 15 is 0 Å². The molecule has 0 fully saturated rings. The van der Waals surface area contributed by atoms with E-state index in [0.29, 0.717) is 13.2 Å². The molecule has 0 radical (unpaired) electrons. The van der Waals surface area contributed by atoms with Gasteiger partial charge in [-0.1, -0.05) is 0 Å². The van der Waals surface area contributed by atoms with E-state index in [9.17, 15) is 0 Å². The molecule has 0 N–H and O–H groups in total. The second-order valence-electron chi connectivity index (χ2n) is 9.56. The molecule has 0 rings (SSSR count). The summed E-state index contributed by atoms with van der Waals surface area (Å²) in [5.74, 6) is 2.75. The molecular formula is C28H60O4S2Sn. The van der Waals surface area contributed by atoms with Gasteiger partial charge in [0.25, 0.3) is 0 Å². The molecule has 0 heterocycles. The number of unbranched alkanes of at least 4 members (excludes halogenated alkanes) is 10. The zero-order valence-corrected chi connectivity index (χ0v) is 28.4. The molecule has 0 spiro atoms. The Morgan fingerprint density at radius 3 is 1.26 bits per heavy atom. The third kappa shape index (κ3) is 25.4. The molecule has 0 saturated heterocycles. The van der Waals surface area contributed by atoms with Crippen LogP contribution in [0.25, 0.3) is 0 Å². The van der Waals surface area contributed by atoms with Gasteiger partial charge in [0.2, 0.25) is 0 Å². The summed E-state index contributed by atoms with van der Waals surface area (Å²) >= 11 is -2.38. The van der Waals surface area contributed by atoms with Gasteiger partial charge in [-0.2, -0.15) is 0 Å². The summed E-state index contributed by atoms with van der Waals surface area (Å²) in [6.45, 7) is 9.24. The maximum atomic E-state index is 5.85. The van der Waals surface area contributed by atoms with E-state index in [2.05, 4.69) is 31.7 Å². The average molecular weight is 644 g/mol. The molecule has 0 aliphatic heterocycles. The Morgan fingerprint density at radius 2 is 0.857 bits per heavy atom. The molecule has 212 valence electrons. The van der Waals surface area contributed by atoms with Gasteiger partial charge in [0.05, 0.1) is 0 Å². The quantitative estimate of drug-likeness (QED) is 0.0576. The van der Waals surface area contributed by atoms with E-state index in [1.165, 1.54) is 110 Å². The number of rotatable bonds is 30. The minimum atomic E-state index is -2.38. The molecule has 0 unspecified atom stereocenters. The third-order valence-electron chi connectivity index (χ3n) is 6.28. The molecule has 0 bridgehead atoms. The van der Waals surface area contributed by atoms with Crippen molar-refractivity contribution >= 4 is 33.5 Å². The maximum absolute atomic E-state index is 5.85. The van der Waals surface area contributed by atoms with Gasteiger partial charge >= 0.3 is 230 Å². The topological polar surface area (TPSA) is 36.9 Å². The molecule has 0 saturated carbocycles. The summed E-state index contributed by atoms with van der Waals surface area (Å²) in [5, 5.41) is 0. The molecule has 4 nitrogen and oxygen atoms in total. The van der Waals surface area contributed by atoms with Crippen LogP contribution in [0.3, 0.4) is 0 Å². The zero-order valence-electron chi connectivity index (χ0n) is 23.9. The number of hydrogen-bond acceptors (Lipinski definition) is 6. The van der Waals surface area contributed by atoms with Gasteiger partial charge in [-0.15, -0.1) is 0 Å². The Kier molecular flexibility index (Phi) is 31.0. The fourth-order valence-electron chi connectivity index (χ4n) is 4.11. The first-order valence-corrected chi connectivity index (χ1v) is 27.7. The van der Waals surface area contributed by atoms with Crippen molar-refractivity contribution in [3.05, 3.63) is 0 Å². The van der Waals surface area contributed by atoms with Crippen molar-refractivity contribution in [3.63, 3.8) is 0 Å². The monoisotopic (exact) mass is 644 g/mol. The predicted octanol–water partition coefficient (Wildman–Crippen LogP) is 8.72. The third-order valence-corrected chi connectivity index (χ3v) is 37.4. The van der Waals surface area contributed by atoms with Crippen molar-refractivity contribution in [2.75, 3.05) is 65.4 Å². The molecule has 0 aliphatic rings. The van der Waals surface area contributed by atoms with Crippen LogP contribution in [0, 0.1) is 0 Å². The van der Waals surface area contributed by atoms with Crippen molar-refractivity contribution in [1.29, 1.82) is 0 Å². The Balaban J connectivity index is 4.75. The van der Waals surface area contributed by atoms with Crippen LogP contribution in [-0.2, 0) is 18.9 Å². The van der Waals surface area contributed by atoms with Crippen LogP contribution >= 0.6 is 17.9 Å². The first-order valence-electron chi connectivity index (χ1n) is 14.7. The van der Waals surface area contributed by atoms with E-state index < -0.39 is 15.6 Å². The Labute approximate surface area is 229 Å². The van der Waals surface area contributed by atoms with Gasteiger partial charge in [0.1, 0.15) is 0 Å². The SMILES string of the molecule is CCCCCCCC[S][Sn]([CH2]CCOCCOC)([CH2]CCOCCOC)[S]CCCCCCCC. The van der Waals surface area contributed by atoms with Crippen molar-refractivity contribution in [3.8, 4) is 0 Å². The van der Waals surface area contributed by atoms with E-state index in [0.717, 1.165) is 26.4 Å². The molecule has 7 heteroatoms. The Hall–Kier alpha value is 1.34. The van der Waals surface area contributed by atoms with Crippen LogP contribution in [0.15, 0.2) is 0 Å². The van der Waals surface area contributed by atoms with Crippen molar-refractivity contribution in [2.24, 2.45) is 0 Å². The summed E-state index contributed by atoms with van der Waals surface area (Å²) in [6, 6.07) is 0. The van der Waals surface area contributed by atoms with Crippen molar-refractivity contribution in [1.82, 2.24) is 0 Å². The van der Waals surface area contributed by atoms with E-state index in [1.807, 2.05) is 0 Å². The van der Waals surface area contributed by atoms with E-state index in [4.69, 9.17) is 18.9 Å². The summed E-state index contributed by atoms with van der Waals surface area (Å²) in [4.78, 5) is 0. The number of methoxy groups -OCH3 is 2. The van der Waals surface area contributed by atoms with Gasteiger partial charge in [-0.05, 0) is 0 Å². The fourth-order valence-corrected chi connectivity index (χ4v) is 34.2. The van der Waals surface area contributed by atoms with Crippen LogP contribution in [0.1, 0.15) is 104 Å². The first kappa shape index (κ1) is 36.3. The number of ether oxygens (including phenoxy) is 4. The van der Waals surface area contributed by atoms with Gasteiger partial charge in [-0.3, -0.25) is 0 Å². The van der Waals surface area contributed by atoms with E-state index in [-0.39, 0.29) is 0 Å². The number of hydrogen-bond donors (Lipinski definition) is 0. The summed E-state index contributed by atoms with van der Waals surface area (Å²) in [7, 11) is 8.40. The van der Waals surface area contributed by atoms with E-state index in [1.54, 1.807) is 14.2 Å². The van der Waals surface area contributed by atoms with Crippen molar-refractivity contribution < 1.29 is 18.9 Å². The summed E-state index contributed by atoms with van der Waals surface area (Å²) in [5.41, 5.74) is 0. The molecule has 35 heavy (non-hydrogen) atoms. The van der Waals surface area contributed by atoms with Crippen LogP contribution in [0.2, 0.25) is 8.87 Å². The summed E-state index contributed by atoms with van der Waals surface area (Å²) in [6.07, 6.45) is 19.2. The first-order chi connectivity index (χ1) is 17.2. The van der Waals surface area contributed by atoms with Gasteiger partial charge < -0.3 is 0 Å². The molecular weight excluding hydrogens is 583 g/mol. The van der Waals surface area contributed by atoms with Crippen molar-refractivity contribution in [2.45, 2.75) is 113 Å². The van der Waals surface area contributed by atoms with Crippen LogP contribution in [-0.4, -0.2) is 81.0 Å². The zero-order chi connectivity index (χ0) is 25.7. The van der Waals surface area contributed by atoms with Crippen LogP contribution < -0.4 is 0 Å². The second kappa shape index (κ2) is 29.9. The minimum absolute atomic E-state index is 0.701. The second-order valence-corrected chi connectivity index (χ2v) is 36.2. The normalized spacial score (nSPS) is 12.0. The van der Waals surface area contributed by atoms with Gasteiger partial charge in [0.15, 0.2) is 0 Å². The molecule has 0 aromatic rings. The average Bonchev–Trinajstić information content (AvgIpc) is 2.87. The molecule has 0 aromatic heterocycles. The standard InChI is InChI=1S/2C8H18S.2C6H13O2.Sn/c2*1-2-3-4-5-6-7-8-9;2*1-3-4-8-6-5-7-2;/h2*9H,2-8H2,1H3;2*1,3-6H2,2H3;/q;;;;+2/p-2. The molecule has 0 amide bonds. The Bertz CT molecular complexity index is 369.